The second-order valence-corrected chi connectivity index (χ2v) is 8.25. The SMILES string of the molecule is CS(=O)(=O)C1CCCC(C(O)C2CCCCN2)C1. The standard InChI is InChI=1S/C13H25NO3S/c1-18(16,17)11-6-4-5-10(9-11)13(15)12-7-2-3-8-14-12/h10-15H,2-9H2,1H3. The predicted octanol–water partition coefficient (Wildman–Crippen LogP) is 1.09. The van der Waals surface area contributed by atoms with Gasteiger partial charge in [-0.05, 0) is 44.6 Å². The van der Waals surface area contributed by atoms with E-state index in [1.807, 2.05) is 0 Å². The predicted molar refractivity (Wildman–Crippen MR) is 72.2 cm³/mol. The Kier molecular flexibility index (Phi) is 4.67. The minimum absolute atomic E-state index is 0.147. The van der Waals surface area contributed by atoms with Crippen LogP contribution in [0.15, 0.2) is 0 Å². The molecule has 0 bridgehead atoms. The zero-order valence-electron chi connectivity index (χ0n) is 11.1. The Hall–Kier alpha value is -0.130. The van der Waals surface area contributed by atoms with Crippen molar-refractivity contribution >= 4 is 9.84 Å². The zero-order valence-corrected chi connectivity index (χ0v) is 12.0. The fourth-order valence-corrected chi connectivity index (χ4v) is 4.57. The van der Waals surface area contributed by atoms with Gasteiger partial charge in [0.05, 0.1) is 11.4 Å². The highest BCUT2D eigenvalue weighted by molar-refractivity contribution is 7.91. The third-order valence-corrected chi connectivity index (χ3v) is 6.15. The summed E-state index contributed by atoms with van der Waals surface area (Å²) in [6, 6.07) is 0.169. The average Bonchev–Trinajstić information content (AvgIpc) is 2.38. The van der Waals surface area contributed by atoms with Gasteiger partial charge >= 0.3 is 0 Å². The quantitative estimate of drug-likeness (QED) is 0.809. The van der Waals surface area contributed by atoms with Crippen LogP contribution in [0.25, 0.3) is 0 Å². The summed E-state index contributed by atoms with van der Waals surface area (Å²) in [5, 5.41) is 13.6. The zero-order chi connectivity index (χ0) is 13.2. The summed E-state index contributed by atoms with van der Waals surface area (Å²) in [5.41, 5.74) is 0. The van der Waals surface area contributed by atoms with Gasteiger partial charge in [0.1, 0.15) is 9.84 Å². The number of nitrogens with one attached hydrogen (secondary N) is 1. The summed E-state index contributed by atoms with van der Waals surface area (Å²) in [7, 11) is -2.95. The number of hydrogen-bond acceptors (Lipinski definition) is 4. The van der Waals surface area contributed by atoms with Crippen LogP contribution in [0.2, 0.25) is 0 Å². The summed E-state index contributed by atoms with van der Waals surface area (Å²) in [5.74, 6) is 0.147. The van der Waals surface area contributed by atoms with Crippen LogP contribution < -0.4 is 5.32 Å². The van der Waals surface area contributed by atoms with E-state index in [2.05, 4.69) is 5.32 Å². The molecule has 2 N–H and O–H groups in total. The second kappa shape index (κ2) is 5.88. The molecule has 0 radical (unpaired) electrons. The lowest BCUT2D eigenvalue weighted by Gasteiger charge is -2.37. The van der Waals surface area contributed by atoms with Gasteiger partial charge in [-0.15, -0.1) is 0 Å². The number of aliphatic hydroxyl groups is 1. The molecule has 0 spiro atoms. The Morgan fingerprint density at radius 1 is 1.17 bits per heavy atom. The van der Waals surface area contributed by atoms with Crippen LogP contribution in [-0.4, -0.2) is 43.7 Å². The maximum Gasteiger partial charge on any atom is 0.150 e. The molecule has 0 aromatic heterocycles. The van der Waals surface area contributed by atoms with Crippen molar-refractivity contribution in [3.05, 3.63) is 0 Å². The van der Waals surface area contributed by atoms with Crippen LogP contribution in [-0.2, 0) is 9.84 Å². The van der Waals surface area contributed by atoms with Crippen molar-refractivity contribution in [3.63, 3.8) is 0 Å². The van der Waals surface area contributed by atoms with Gasteiger partial charge in [-0.1, -0.05) is 12.8 Å². The first-order valence-electron chi connectivity index (χ1n) is 7.09. The number of sulfone groups is 1. The molecule has 2 rings (SSSR count). The first-order chi connectivity index (χ1) is 8.48. The molecule has 1 aliphatic heterocycles. The fraction of sp³-hybridized carbons (Fsp3) is 1.00. The molecule has 1 heterocycles. The maximum absolute atomic E-state index is 11.6. The van der Waals surface area contributed by atoms with Gasteiger partial charge in [0.25, 0.3) is 0 Å². The van der Waals surface area contributed by atoms with Crippen LogP contribution in [0.3, 0.4) is 0 Å². The molecule has 18 heavy (non-hydrogen) atoms. The van der Waals surface area contributed by atoms with Gasteiger partial charge in [-0.25, -0.2) is 8.42 Å². The summed E-state index contributed by atoms with van der Waals surface area (Å²) >= 11 is 0. The van der Waals surface area contributed by atoms with E-state index in [0.717, 1.165) is 38.6 Å². The topological polar surface area (TPSA) is 66.4 Å². The molecule has 2 fully saturated rings. The van der Waals surface area contributed by atoms with Crippen LogP contribution in [0, 0.1) is 5.92 Å². The lowest BCUT2D eigenvalue weighted by Crippen LogP contribution is -2.48. The van der Waals surface area contributed by atoms with Crippen LogP contribution in [0.1, 0.15) is 44.9 Å². The van der Waals surface area contributed by atoms with E-state index < -0.39 is 9.84 Å². The van der Waals surface area contributed by atoms with E-state index in [1.165, 1.54) is 12.7 Å². The number of piperidine rings is 1. The molecule has 1 saturated heterocycles. The Balaban J connectivity index is 1.95. The van der Waals surface area contributed by atoms with Crippen molar-refractivity contribution in [1.82, 2.24) is 5.32 Å². The van der Waals surface area contributed by atoms with E-state index in [1.54, 1.807) is 0 Å². The molecule has 106 valence electrons. The van der Waals surface area contributed by atoms with Crippen molar-refractivity contribution in [1.29, 1.82) is 0 Å². The van der Waals surface area contributed by atoms with E-state index >= 15 is 0 Å². The van der Waals surface area contributed by atoms with Crippen molar-refractivity contribution in [2.75, 3.05) is 12.8 Å². The second-order valence-electron chi connectivity index (χ2n) is 5.93. The van der Waals surface area contributed by atoms with Crippen LogP contribution >= 0.6 is 0 Å². The Bertz CT molecular complexity index is 362. The van der Waals surface area contributed by atoms with Gasteiger partial charge < -0.3 is 10.4 Å². The van der Waals surface area contributed by atoms with Crippen molar-refractivity contribution in [2.45, 2.75) is 62.3 Å². The van der Waals surface area contributed by atoms with E-state index in [-0.39, 0.29) is 23.3 Å². The molecule has 0 amide bonds. The molecule has 0 aromatic carbocycles. The summed E-state index contributed by atoms with van der Waals surface area (Å²) < 4.78 is 23.3. The van der Waals surface area contributed by atoms with Crippen LogP contribution in [0.4, 0.5) is 0 Å². The van der Waals surface area contributed by atoms with E-state index in [0.29, 0.717) is 6.42 Å². The van der Waals surface area contributed by atoms with Crippen molar-refractivity contribution in [3.8, 4) is 0 Å². The highest BCUT2D eigenvalue weighted by Gasteiger charge is 2.35. The summed E-state index contributed by atoms with van der Waals surface area (Å²) in [6.07, 6.45) is 7.59. The monoisotopic (exact) mass is 275 g/mol. The summed E-state index contributed by atoms with van der Waals surface area (Å²) in [6.45, 7) is 0.976. The molecule has 5 heteroatoms. The van der Waals surface area contributed by atoms with Gasteiger partial charge in [0.15, 0.2) is 0 Å². The number of hydrogen-bond donors (Lipinski definition) is 2. The molecule has 0 aromatic rings. The van der Waals surface area contributed by atoms with Crippen LogP contribution in [0.5, 0.6) is 0 Å². The van der Waals surface area contributed by atoms with Gasteiger partial charge in [0.2, 0.25) is 0 Å². The number of rotatable bonds is 3. The Morgan fingerprint density at radius 3 is 2.56 bits per heavy atom. The minimum Gasteiger partial charge on any atom is -0.391 e. The van der Waals surface area contributed by atoms with Gasteiger partial charge in [-0.3, -0.25) is 0 Å². The molecule has 2 aliphatic rings. The first-order valence-corrected chi connectivity index (χ1v) is 9.04. The number of aliphatic hydroxyl groups excluding tert-OH is 1. The highest BCUT2D eigenvalue weighted by Crippen LogP contribution is 2.32. The average molecular weight is 275 g/mol. The lowest BCUT2D eigenvalue weighted by atomic mass is 9.80. The first kappa shape index (κ1) is 14.3. The van der Waals surface area contributed by atoms with Gasteiger partial charge in [-0.2, -0.15) is 0 Å². The molecule has 1 saturated carbocycles. The van der Waals surface area contributed by atoms with Crippen molar-refractivity contribution in [2.24, 2.45) is 5.92 Å². The molecule has 1 aliphatic carbocycles. The molecule has 4 nitrogen and oxygen atoms in total. The molecular weight excluding hydrogens is 250 g/mol. The fourth-order valence-electron chi connectivity index (χ4n) is 3.38. The van der Waals surface area contributed by atoms with E-state index in [4.69, 9.17) is 0 Å². The third-order valence-electron chi connectivity index (χ3n) is 4.52. The molecule has 4 unspecified atom stereocenters. The smallest absolute Gasteiger partial charge is 0.150 e. The van der Waals surface area contributed by atoms with Gasteiger partial charge in [0, 0.05) is 12.3 Å². The molecule has 4 atom stereocenters. The minimum atomic E-state index is -2.95. The largest absolute Gasteiger partial charge is 0.391 e. The van der Waals surface area contributed by atoms with E-state index in [9.17, 15) is 13.5 Å². The highest BCUT2D eigenvalue weighted by atomic mass is 32.2. The maximum atomic E-state index is 11.6. The Morgan fingerprint density at radius 2 is 1.94 bits per heavy atom. The summed E-state index contributed by atoms with van der Waals surface area (Å²) in [4.78, 5) is 0. The third kappa shape index (κ3) is 3.45. The normalized spacial score (nSPS) is 36.2. The Labute approximate surface area is 110 Å². The lowest BCUT2D eigenvalue weighted by molar-refractivity contribution is 0.0421. The van der Waals surface area contributed by atoms with Crippen molar-refractivity contribution < 1.29 is 13.5 Å². The molecular formula is C13H25NO3S.